The van der Waals surface area contributed by atoms with Crippen LogP contribution in [0.3, 0.4) is 0 Å². The van der Waals surface area contributed by atoms with E-state index in [9.17, 15) is 4.79 Å². The standard InChI is InChI=1S/C24H23N3O3/c1-3-30-22-9-5-4-8-20(22)26-23(28)16-27-21(15-18-7-6-14-25-24(18)27)17-10-12-19(29-2)13-11-17/h4-15H,3,16H2,1-2H3,(H,26,28). The van der Waals surface area contributed by atoms with E-state index in [1.54, 1.807) is 13.3 Å². The molecule has 2 aromatic heterocycles. The number of fused-ring (bicyclic) bond motifs is 1. The number of anilines is 1. The molecule has 30 heavy (non-hydrogen) atoms. The molecule has 0 saturated carbocycles. The molecule has 4 rings (SSSR count). The summed E-state index contributed by atoms with van der Waals surface area (Å²) in [5.74, 6) is 1.28. The number of amides is 1. The Kier molecular flexibility index (Phi) is 5.66. The Bertz CT molecular complexity index is 1170. The van der Waals surface area contributed by atoms with Crippen molar-refractivity contribution in [2.24, 2.45) is 0 Å². The lowest BCUT2D eigenvalue weighted by molar-refractivity contribution is -0.116. The number of para-hydroxylation sites is 2. The summed E-state index contributed by atoms with van der Waals surface area (Å²) in [6, 6.07) is 21.1. The second-order valence-electron chi connectivity index (χ2n) is 6.74. The molecule has 0 radical (unpaired) electrons. The molecule has 152 valence electrons. The first kappa shape index (κ1) is 19.5. The number of ether oxygens (including phenoxy) is 2. The maximum atomic E-state index is 12.9. The zero-order valence-electron chi connectivity index (χ0n) is 17.0. The van der Waals surface area contributed by atoms with Crippen LogP contribution in [-0.2, 0) is 11.3 Å². The minimum atomic E-state index is -0.153. The molecule has 4 aromatic rings. The number of hydrogen-bond donors (Lipinski definition) is 1. The van der Waals surface area contributed by atoms with Crippen molar-refractivity contribution in [1.82, 2.24) is 9.55 Å². The van der Waals surface area contributed by atoms with Crippen LogP contribution in [0.5, 0.6) is 11.5 Å². The Morgan fingerprint density at radius 1 is 1.07 bits per heavy atom. The number of rotatable bonds is 7. The van der Waals surface area contributed by atoms with Gasteiger partial charge in [0.05, 0.1) is 25.1 Å². The van der Waals surface area contributed by atoms with E-state index in [0.29, 0.717) is 18.0 Å². The highest BCUT2D eigenvalue weighted by atomic mass is 16.5. The van der Waals surface area contributed by atoms with E-state index >= 15 is 0 Å². The second-order valence-corrected chi connectivity index (χ2v) is 6.74. The van der Waals surface area contributed by atoms with Crippen molar-refractivity contribution in [1.29, 1.82) is 0 Å². The first-order chi connectivity index (χ1) is 14.7. The number of aromatic nitrogens is 2. The Morgan fingerprint density at radius 2 is 1.87 bits per heavy atom. The molecule has 1 amide bonds. The number of carbonyl (C=O) groups is 1. The molecular weight excluding hydrogens is 378 g/mol. The van der Waals surface area contributed by atoms with Gasteiger partial charge in [-0.2, -0.15) is 0 Å². The highest BCUT2D eigenvalue weighted by Crippen LogP contribution is 2.29. The van der Waals surface area contributed by atoms with Gasteiger partial charge in [-0.1, -0.05) is 12.1 Å². The third-order valence-corrected chi connectivity index (χ3v) is 4.80. The predicted octanol–water partition coefficient (Wildman–Crippen LogP) is 4.75. The van der Waals surface area contributed by atoms with Crippen LogP contribution < -0.4 is 14.8 Å². The number of nitrogens with zero attached hydrogens (tertiary/aromatic N) is 2. The monoisotopic (exact) mass is 401 g/mol. The summed E-state index contributed by atoms with van der Waals surface area (Å²) in [6.07, 6.45) is 1.74. The summed E-state index contributed by atoms with van der Waals surface area (Å²) in [7, 11) is 1.64. The van der Waals surface area contributed by atoms with Crippen LogP contribution in [-0.4, -0.2) is 29.2 Å². The Morgan fingerprint density at radius 3 is 2.63 bits per heavy atom. The van der Waals surface area contributed by atoms with E-state index in [1.807, 2.05) is 78.2 Å². The van der Waals surface area contributed by atoms with E-state index < -0.39 is 0 Å². The molecule has 2 heterocycles. The molecule has 6 heteroatoms. The van der Waals surface area contributed by atoms with E-state index in [2.05, 4.69) is 10.3 Å². The van der Waals surface area contributed by atoms with Crippen molar-refractivity contribution in [3.63, 3.8) is 0 Å². The molecule has 0 fully saturated rings. The maximum Gasteiger partial charge on any atom is 0.244 e. The SMILES string of the molecule is CCOc1ccccc1NC(=O)Cn1c(-c2ccc(OC)cc2)cc2cccnc21. The molecule has 1 N–H and O–H groups in total. The van der Waals surface area contributed by atoms with Crippen molar-refractivity contribution < 1.29 is 14.3 Å². The Hall–Kier alpha value is -3.80. The van der Waals surface area contributed by atoms with Crippen molar-refractivity contribution in [3.05, 3.63) is 72.9 Å². The average Bonchev–Trinajstić information content (AvgIpc) is 3.13. The summed E-state index contributed by atoms with van der Waals surface area (Å²) in [5, 5.41) is 3.94. The van der Waals surface area contributed by atoms with E-state index in [1.165, 1.54) is 0 Å². The molecular formula is C24H23N3O3. The van der Waals surface area contributed by atoms with Crippen LogP contribution in [0, 0.1) is 0 Å². The fourth-order valence-electron chi connectivity index (χ4n) is 3.43. The third kappa shape index (κ3) is 3.98. The zero-order chi connectivity index (χ0) is 20.9. The molecule has 0 aliphatic heterocycles. The van der Waals surface area contributed by atoms with Gasteiger partial charge in [-0.05, 0) is 67.1 Å². The minimum Gasteiger partial charge on any atom is -0.497 e. The Balaban J connectivity index is 1.67. The topological polar surface area (TPSA) is 65.4 Å². The lowest BCUT2D eigenvalue weighted by atomic mass is 10.1. The number of hydrogen-bond acceptors (Lipinski definition) is 4. The molecule has 0 aliphatic carbocycles. The van der Waals surface area contributed by atoms with Crippen LogP contribution in [0.25, 0.3) is 22.3 Å². The maximum absolute atomic E-state index is 12.9. The molecule has 0 unspecified atom stereocenters. The molecule has 0 aliphatic rings. The summed E-state index contributed by atoms with van der Waals surface area (Å²) >= 11 is 0. The van der Waals surface area contributed by atoms with Crippen molar-refractivity contribution >= 4 is 22.6 Å². The lowest BCUT2D eigenvalue weighted by Gasteiger charge is -2.13. The number of benzene rings is 2. The lowest BCUT2D eigenvalue weighted by Crippen LogP contribution is -2.20. The zero-order valence-corrected chi connectivity index (χ0v) is 17.0. The normalized spacial score (nSPS) is 10.7. The molecule has 0 bridgehead atoms. The summed E-state index contributed by atoms with van der Waals surface area (Å²) in [4.78, 5) is 17.4. The molecule has 2 aromatic carbocycles. The van der Waals surface area contributed by atoms with Crippen LogP contribution in [0.15, 0.2) is 72.9 Å². The van der Waals surface area contributed by atoms with E-state index in [-0.39, 0.29) is 12.5 Å². The minimum absolute atomic E-state index is 0.127. The highest BCUT2D eigenvalue weighted by Gasteiger charge is 2.16. The fourth-order valence-corrected chi connectivity index (χ4v) is 3.43. The number of carbonyl (C=O) groups excluding carboxylic acids is 1. The Labute approximate surface area is 175 Å². The van der Waals surface area contributed by atoms with Gasteiger partial charge in [0, 0.05) is 11.6 Å². The van der Waals surface area contributed by atoms with Gasteiger partial charge in [0.15, 0.2) is 0 Å². The molecule has 6 nitrogen and oxygen atoms in total. The van der Waals surface area contributed by atoms with Gasteiger partial charge >= 0.3 is 0 Å². The first-order valence-electron chi connectivity index (χ1n) is 9.80. The van der Waals surface area contributed by atoms with Crippen molar-refractivity contribution in [2.75, 3.05) is 19.0 Å². The van der Waals surface area contributed by atoms with Gasteiger partial charge < -0.3 is 19.4 Å². The molecule has 0 saturated heterocycles. The van der Waals surface area contributed by atoms with Gasteiger partial charge in [-0.15, -0.1) is 0 Å². The quantitative estimate of drug-likeness (QED) is 0.485. The van der Waals surface area contributed by atoms with E-state index in [0.717, 1.165) is 28.0 Å². The predicted molar refractivity (Wildman–Crippen MR) is 118 cm³/mol. The van der Waals surface area contributed by atoms with Gasteiger partial charge in [-0.25, -0.2) is 4.98 Å². The number of methoxy groups -OCH3 is 1. The highest BCUT2D eigenvalue weighted by molar-refractivity contribution is 5.94. The molecule has 0 spiro atoms. The largest absolute Gasteiger partial charge is 0.497 e. The second kappa shape index (κ2) is 8.69. The summed E-state index contributed by atoms with van der Waals surface area (Å²) in [5.41, 5.74) is 3.31. The first-order valence-corrected chi connectivity index (χ1v) is 9.80. The number of nitrogens with one attached hydrogen (secondary N) is 1. The number of pyridine rings is 1. The van der Waals surface area contributed by atoms with Crippen molar-refractivity contribution in [2.45, 2.75) is 13.5 Å². The van der Waals surface area contributed by atoms with Gasteiger partial charge in [0.25, 0.3) is 0 Å². The molecule has 0 atom stereocenters. The summed E-state index contributed by atoms with van der Waals surface area (Å²) < 4.78 is 12.8. The van der Waals surface area contributed by atoms with Gasteiger partial charge in [0.2, 0.25) is 5.91 Å². The average molecular weight is 401 g/mol. The van der Waals surface area contributed by atoms with E-state index in [4.69, 9.17) is 9.47 Å². The van der Waals surface area contributed by atoms with Gasteiger partial charge in [-0.3, -0.25) is 4.79 Å². The third-order valence-electron chi connectivity index (χ3n) is 4.80. The smallest absolute Gasteiger partial charge is 0.244 e. The van der Waals surface area contributed by atoms with Gasteiger partial charge in [0.1, 0.15) is 23.7 Å². The van der Waals surface area contributed by atoms with Crippen molar-refractivity contribution in [3.8, 4) is 22.8 Å². The fraction of sp³-hybridized carbons (Fsp3) is 0.167. The summed E-state index contributed by atoms with van der Waals surface area (Å²) in [6.45, 7) is 2.57. The van der Waals surface area contributed by atoms with Crippen LogP contribution in [0.1, 0.15) is 6.92 Å². The van der Waals surface area contributed by atoms with Crippen LogP contribution in [0.2, 0.25) is 0 Å². The van der Waals surface area contributed by atoms with Crippen LogP contribution in [0.4, 0.5) is 5.69 Å². The van der Waals surface area contributed by atoms with Crippen LogP contribution >= 0.6 is 0 Å².